The molecule has 5 rings (SSSR count). The minimum absolute atomic E-state index is 0.234. The number of nitrogens with zero attached hydrogens (tertiary/aromatic N) is 5. The van der Waals surface area contributed by atoms with Gasteiger partial charge in [0.1, 0.15) is 23.4 Å². The van der Waals surface area contributed by atoms with Crippen molar-refractivity contribution in [2.24, 2.45) is 0 Å². The Morgan fingerprint density at radius 2 is 2.00 bits per heavy atom. The number of rotatable bonds is 2. The number of amides is 1. The molecule has 0 bridgehead atoms. The first kappa shape index (κ1) is 16.7. The first-order valence-electron chi connectivity index (χ1n) is 9.22. The molecular formula is C17H19N9O2. The largest absolute Gasteiger partial charge is 0.334 e. The Morgan fingerprint density at radius 3 is 2.82 bits per heavy atom. The standard InChI is InChI=1S/C17H19N9O2/c1-9-7-10(20-13-11-14(19-8-18-13)23-25-22-11)16(28)26-12(9)15(27)21-17(24-26)5-3-2-4-6-17/h7-8,24H,2-6H2,1H3,(H,21,27)(H2,18,19,20,22,23,25). The number of aromatic amines is 1. The van der Waals surface area contributed by atoms with Crippen molar-refractivity contribution < 1.29 is 4.79 Å². The molecule has 0 radical (unpaired) electrons. The molecule has 4 heterocycles. The summed E-state index contributed by atoms with van der Waals surface area (Å²) in [5.41, 5.74) is 4.52. The van der Waals surface area contributed by atoms with E-state index in [1.54, 1.807) is 13.0 Å². The van der Waals surface area contributed by atoms with Gasteiger partial charge in [-0.1, -0.05) is 11.6 Å². The summed E-state index contributed by atoms with van der Waals surface area (Å²) in [6, 6.07) is 1.64. The fourth-order valence-corrected chi connectivity index (χ4v) is 4.03. The summed E-state index contributed by atoms with van der Waals surface area (Å²) < 4.78 is 1.36. The lowest BCUT2D eigenvalue weighted by Gasteiger charge is -2.43. The number of H-pyrrole nitrogens is 1. The van der Waals surface area contributed by atoms with Crippen molar-refractivity contribution in [2.45, 2.75) is 44.7 Å². The van der Waals surface area contributed by atoms with Gasteiger partial charge in [-0.2, -0.15) is 0 Å². The Bertz CT molecular complexity index is 1140. The minimum Gasteiger partial charge on any atom is -0.334 e. The Hall–Kier alpha value is -3.50. The maximum Gasteiger partial charge on any atom is 0.293 e. The van der Waals surface area contributed by atoms with Crippen LogP contribution in [0.25, 0.3) is 11.2 Å². The summed E-state index contributed by atoms with van der Waals surface area (Å²) >= 11 is 0. The van der Waals surface area contributed by atoms with Gasteiger partial charge >= 0.3 is 0 Å². The second kappa shape index (κ2) is 6.01. The third-order valence-corrected chi connectivity index (χ3v) is 5.37. The fourth-order valence-electron chi connectivity index (χ4n) is 4.03. The summed E-state index contributed by atoms with van der Waals surface area (Å²) in [4.78, 5) is 34.2. The van der Waals surface area contributed by atoms with Crippen LogP contribution in [0.1, 0.15) is 48.2 Å². The van der Waals surface area contributed by atoms with Crippen molar-refractivity contribution in [1.82, 2.24) is 35.4 Å². The van der Waals surface area contributed by atoms with Crippen molar-refractivity contribution in [2.75, 3.05) is 10.7 Å². The molecule has 1 amide bonds. The monoisotopic (exact) mass is 381 g/mol. The minimum atomic E-state index is -0.578. The van der Waals surface area contributed by atoms with Crippen LogP contribution in [0.4, 0.5) is 11.5 Å². The molecule has 4 N–H and O–H groups in total. The van der Waals surface area contributed by atoms with Gasteiger partial charge < -0.3 is 10.6 Å². The van der Waals surface area contributed by atoms with Crippen molar-refractivity contribution in [1.29, 1.82) is 0 Å². The Kier molecular flexibility index (Phi) is 3.57. The van der Waals surface area contributed by atoms with Crippen LogP contribution in [0.15, 0.2) is 17.2 Å². The highest BCUT2D eigenvalue weighted by atomic mass is 16.2. The average Bonchev–Trinajstić information content (AvgIpc) is 3.16. The molecule has 3 aromatic rings. The van der Waals surface area contributed by atoms with Crippen LogP contribution >= 0.6 is 0 Å². The highest BCUT2D eigenvalue weighted by Gasteiger charge is 2.40. The van der Waals surface area contributed by atoms with E-state index in [9.17, 15) is 9.59 Å². The van der Waals surface area contributed by atoms with E-state index in [2.05, 4.69) is 41.4 Å². The molecule has 0 atom stereocenters. The number of hydrogen-bond acceptors (Lipinski definition) is 8. The van der Waals surface area contributed by atoms with E-state index in [4.69, 9.17) is 0 Å². The number of nitrogens with one attached hydrogen (secondary N) is 4. The molecular weight excluding hydrogens is 362 g/mol. The molecule has 11 nitrogen and oxygen atoms in total. The smallest absolute Gasteiger partial charge is 0.293 e. The molecule has 1 spiro atoms. The van der Waals surface area contributed by atoms with Crippen molar-refractivity contribution in [3.8, 4) is 0 Å². The van der Waals surface area contributed by atoms with Gasteiger partial charge in [0.25, 0.3) is 11.5 Å². The zero-order chi connectivity index (χ0) is 19.3. The Morgan fingerprint density at radius 1 is 1.18 bits per heavy atom. The van der Waals surface area contributed by atoms with Gasteiger partial charge in [-0.3, -0.25) is 15.0 Å². The number of pyridine rings is 1. The predicted molar refractivity (Wildman–Crippen MR) is 101 cm³/mol. The van der Waals surface area contributed by atoms with Gasteiger partial charge in [0.2, 0.25) is 0 Å². The van der Waals surface area contributed by atoms with E-state index >= 15 is 0 Å². The lowest BCUT2D eigenvalue weighted by molar-refractivity contribution is 0.0833. The zero-order valence-corrected chi connectivity index (χ0v) is 15.2. The maximum absolute atomic E-state index is 13.2. The van der Waals surface area contributed by atoms with E-state index in [1.165, 1.54) is 11.0 Å². The summed E-state index contributed by atoms with van der Waals surface area (Å²) in [7, 11) is 0. The van der Waals surface area contributed by atoms with Gasteiger partial charge in [-0.25, -0.2) is 19.7 Å². The van der Waals surface area contributed by atoms with Gasteiger partial charge in [0.15, 0.2) is 17.0 Å². The van der Waals surface area contributed by atoms with Crippen molar-refractivity contribution >= 4 is 28.6 Å². The normalized spacial score (nSPS) is 17.8. The molecule has 1 aliphatic carbocycles. The molecule has 2 aliphatic rings. The van der Waals surface area contributed by atoms with E-state index in [-0.39, 0.29) is 17.2 Å². The Labute approximate surface area is 158 Å². The van der Waals surface area contributed by atoms with E-state index in [1.807, 2.05) is 0 Å². The van der Waals surface area contributed by atoms with E-state index < -0.39 is 5.66 Å². The van der Waals surface area contributed by atoms with Crippen LogP contribution in [0.3, 0.4) is 0 Å². The fraction of sp³-hybridized carbons (Fsp3) is 0.412. The van der Waals surface area contributed by atoms with Gasteiger partial charge in [0, 0.05) is 0 Å². The number of carbonyl (C=O) groups is 1. The molecule has 0 saturated heterocycles. The quantitative estimate of drug-likeness (QED) is 0.513. The van der Waals surface area contributed by atoms with Crippen LogP contribution in [-0.2, 0) is 0 Å². The highest BCUT2D eigenvalue weighted by molar-refractivity contribution is 5.96. The van der Waals surface area contributed by atoms with E-state index in [0.29, 0.717) is 28.2 Å². The number of aromatic nitrogens is 6. The van der Waals surface area contributed by atoms with Crippen molar-refractivity contribution in [3.05, 3.63) is 34.0 Å². The summed E-state index contributed by atoms with van der Waals surface area (Å²) in [6.07, 6.45) is 6.05. The molecule has 1 aliphatic heterocycles. The molecule has 1 saturated carbocycles. The SMILES string of the molecule is Cc1cc(Nc2ncnc3[nH]nnc23)c(=O)n2c1C(=O)NC1(CCCCC1)N2. The number of anilines is 2. The molecule has 11 heteroatoms. The van der Waals surface area contributed by atoms with Crippen LogP contribution in [0.2, 0.25) is 0 Å². The molecule has 0 aromatic carbocycles. The summed E-state index contributed by atoms with van der Waals surface area (Å²) in [5, 5.41) is 16.4. The third kappa shape index (κ3) is 2.50. The maximum atomic E-state index is 13.2. The van der Waals surface area contributed by atoms with Crippen molar-refractivity contribution in [3.63, 3.8) is 0 Å². The lowest BCUT2D eigenvalue weighted by atomic mass is 9.88. The second-order valence-corrected chi connectivity index (χ2v) is 7.30. The molecule has 144 valence electrons. The van der Waals surface area contributed by atoms with Crippen LogP contribution in [0, 0.1) is 6.92 Å². The zero-order valence-electron chi connectivity index (χ0n) is 15.2. The van der Waals surface area contributed by atoms with Gasteiger partial charge in [-0.05, 0) is 44.2 Å². The van der Waals surface area contributed by atoms with Crippen LogP contribution in [-0.4, -0.2) is 41.6 Å². The molecule has 0 unspecified atom stereocenters. The first-order valence-corrected chi connectivity index (χ1v) is 9.22. The predicted octanol–water partition coefficient (Wildman–Crippen LogP) is 0.909. The van der Waals surface area contributed by atoms with E-state index in [0.717, 1.165) is 32.1 Å². The average molecular weight is 381 g/mol. The topological polar surface area (TPSA) is 143 Å². The van der Waals surface area contributed by atoms with Gasteiger partial charge in [-0.15, -0.1) is 5.10 Å². The summed E-state index contributed by atoms with van der Waals surface area (Å²) in [5.74, 6) is 0.131. The molecule has 28 heavy (non-hydrogen) atoms. The molecule has 1 fully saturated rings. The summed E-state index contributed by atoms with van der Waals surface area (Å²) in [6.45, 7) is 1.79. The first-order chi connectivity index (χ1) is 13.6. The lowest BCUT2D eigenvalue weighted by Crippen LogP contribution is -2.64. The number of hydrogen-bond donors (Lipinski definition) is 4. The number of aryl methyl sites for hydroxylation is 1. The highest BCUT2D eigenvalue weighted by Crippen LogP contribution is 2.30. The second-order valence-electron chi connectivity index (χ2n) is 7.30. The Balaban J connectivity index is 1.59. The van der Waals surface area contributed by atoms with Crippen LogP contribution in [0.5, 0.6) is 0 Å². The number of fused-ring (bicyclic) bond motifs is 2. The molecule has 3 aromatic heterocycles. The van der Waals surface area contributed by atoms with Gasteiger partial charge in [0.05, 0.1) is 0 Å². The number of carbonyl (C=O) groups excluding carboxylic acids is 1. The van der Waals surface area contributed by atoms with Crippen LogP contribution < -0.4 is 21.6 Å². The third-order valence-electron chi connectivity index (χ3n) is 5.37.